The van der Waals surface area contributed by atoms with E-state index in [1.807, 2.05) is 0 Å². The van der Waals surface area contributed by atoms with E-state index < -0.39 is 24.1 Å². The second-order valence-electron chi connectivity index (χ2n) is 3.38. The fourth-order valence-electron chi connectivity index (χ4n) is 0.991. The van der Waals surface area contributed by atoms with E-state index in [1.165, 1.54) is 6.92 Å². The highest BCUT2D eigenvalue weighted by molar-refractivity contribution is 5.79. The van der Waals surface area contributed by atoms with Crippen molar-refractivity contribution in [2.24, 2.45) is 5.73 Å². The molecule has 0 rings (SSSR count). The summed E-state index contributed by atoms with van der Waals surface area (Å²) in [5.41, 5.74) is 4.12. The van der Waals surface area contributed by atoms with Crippen molar-refractivity contribution in [2.45, 2.75) is 37.9 Å². The van der Waals surface area contributed by atoms with Crippen molar-refractivity contribution < 1.29 is 22.7 Å². The normalized spacial score (nSPS) is 16.1. The van der Waals surface area contributed by atoms with Gasteiger partial charge in [-0.05, 0) is 19.8 Å². The summed E-state index contributed by atoms with van der Waals surface area (Å²) < 4.78 is 39.6. The highest BCUT2D eigenvalue weighted by atomic mass is 19.4. The molecule has 14 heavy (non-hydrogen) atoms. The first-order valence-corrected chi connectivity index (χ1v) is 4.13. The van der Waals surface area contributed by atoms with Crippen LogP contribution in [0.1, 0.15) is 26.2 Å². The van der Waals surface area contributed by atoms with Crippen molar-refractivity contribution >= 4 is 5.97 Å². The smallest absolute Gasteiger partial charge is 0.389 e. The van der Waals surface area contributed by atoms with Crippen LogP contribution in [0.5, 0.6) is 0 Å². The van der Waals surface area contributed by atoms with Crippen LogP contribution in [0.15, 0.2) is 0 Å². The lowest BCUT2D eigenvalue weighted by atomic mass is 9.96. The summed E-state index contributed by atoms with van der Waals surface area (Å²) >= 11 is 0. The molecular weight excluding hydrogens is 199 g/mol. The van der Waals surface area contributed by atoms with Crippen LogP contribution in [0.25, 0.3) is 0 Å². The van der Waals surface area contributed by atoms with Crippen molar-refractivity contribution in [1.29, 1.82) is 0 Å². The number of halogens is 3. The maximum Gasteiger partial charge on any atom is 0.389 e. The Bertz CT molecular complexity index is 201. The van der Waals surface area contributed by atoms with Gasteiger partial charge >= 0.3 is 12.1 Å². The molecule has 0 bridgehead atoms. The molecule has 0 radical (unpaired) electrons. The minimum atomic E-state index is -4.20. The van der Waals surface area contributed by atoms with E-state index in [4.69, 9.17) is 5.73 Å². The Labute approximate surface area is 80.4 Å². The third kappa shape index (κ3) is 5.06. The molecule has 2 N–H and O–H groups in total. The zero-order valence-electron chi connectivity index (χ0n) is 8.15. The topological polar surface area (TPSA) is 52.3 Å². The molecular formula is C8H14F3NO2. The highest BCUT2D eigenvalue weighted by Crippen LogP contribution is 2.24. The number of methoxy groups -OCH3 is 1. The second kappa shape index (κ2) is 4.63. The van der Waals surface area contributed by atoms with Crippen molar-refractivity contribution in [3.63, 3.8) is 0 Å². The maximum atomic E-state index is 11.8. The Kier molecular flexibility index (Phi) is 4.38. The first kappa shape index (κ1) is 13.2. The van der Waals surface area contributed by atoms with Crippen LogP contribution < -0.4 is 5.73 Å². The third-order valence-electron chi connectivity index (χ3n) is 1.81. The van der Waals surface area contributed by atoms with Crippen LogP contribution in [-0.4, -0.2) is 24.8 Å². The van der Waals surface area contributed by atoms with Gasteiger partial charge in [-0.15, -0.1) is 0 Å². The molecule has 1 unspecified atom stereocenters. The van der Waals surface area contributed by atoms with Crippen LogP contribution in [-0.2, 0) is 9.53 Å². The number of hydrogen-bond acceptors (Lipinski definition) is 3. The van der Waals surface area contributed by atoms with Gasteiger partial charge in [-0.1, -0.05) is 0 Å². The molecule has 0 spiro atoms. The molecule has 0 saturated carbocycles. The Balaban J connectivity index is 3.94. The SMILES string of the molecule is COC(=O)C(C)(N)CCCC(F)(F)F. The maximum absolute atomic E-state index is 11.8. The minimum absolute atomic E-state index is 0.0425. The number of esters is 1. The molecule has 0 aliphatic rings. The van der Waals surface area contributed by atoms with Gasteiger partial charge in [0.25, 0.3) is 0 Å². The first-order chi connectivity index (χ1) is 6.19. The van der Waals surface area contributed by atoms with Gasteiger partial charge in [0, 0.05) is 6.42 Å². The number of hydrogen-bond donors (Lipinski definition) is 1. The summed E-state index contributed by atoms with van der Waals surface area (Å²) in [5.74, 6) is -0.695. The van der Waals surface area contributed by atoms with E-state index in [0.29, 0.717) is 0 Å². The zero-order valence-corrected chi connectivity index (χ0v) is 8.15. The molecule has 0 amide bonds. The number of nitrogens with two attached hydrogens (primary N) is 1. The first-order valence-electron chi connectivity index (χ1n) is 4.13. The molecule has 0 aromatic carbocycles. The van der Waals surface area contributed by atoms with E-state index in [2.05, 4.69) is 4.74 Å². The molecule has 0 aliphatic heterocycles. The van der Waals surface area contributed by atoms with E-state index in [1.54, 1.807) is 0 Å². The van der Waals surface area contributed by atoms with Crippen LogP contribution in [0.3, 0.4) is 0 Å². The van der Waals surface area contributed by atoms with Gasteiger partial charge in [0.05, 0.1) is 7.11 Å². The summed E-state index contributed by atoms with van der Waals surface area (Å²) in [7, 11) is 1.15. The number of carbonyl (C=O) groups is 1. The summed E-state index contributed by atoms with van der Waals surface area (Å²) in [6, 6.07) is 0. The highest BCUT2D eigenvalue weighted by Gasteiger charge is 2.32. The van der Waals surface area contributed by atoms with Crippen molar-refractivity contribution in [2.75, 3.05) is 7.11 Å². The predicted molar refractivity (Wildman–Crippen MR) is 44.5 cm³/mol. The van der Waals surface area contributed by atoms with Crippen molar-refractivity contribution in [3.05, 3.63) is 0 Å². The van der Waals surface area contributed by atoms with E-state index >= 15 is 0 Å². The lowest BCUT2D eigenvalue weighted by Gasteiger charge is -2.21. The Hall–Kier alpha value is -0.780. The summed E-state index contributed by atoms with van der Waals surface area (Å²) in [6.07, 6.45) is -5.35. The summed E-state index contributed by atoms with van der Waals surface area (Å²) in [6.45, 7) is 1.36. The lowest BCUT2D eigenvalue weighted by Crippen LogP contribution is -2.45. The van der Waals surface area contributed by atoms with Gasteiger partial charge in [0.15, 0.2) is 0 Å². The lowest BCUT2D eigenvalue weighted by molar-refractivity contribution is -0.149. The molecule has 0 aromatic heterocycles. The second-order valence-corrected chi connectivity index (χ2v) is 3.38. The fourth-order valence-corrected chi connectivity index (χ4v) is 0.991. The third-order valence-corrected chi connectivity index (χ3v) is 1.81. The molecule has 84 valence electrons. The average molecular weight is 213 g/mol. The van der Waals surface area contributed by atoms with E-state index in [-0.39, 0.29) is 12.8 Å². The van der Waals surface area contributed by atoms with Crippen LogP contribution >= 0.6 is 0 Å². The standard InChI is InChI=1S/C8H14F3NO2/c1-7(12,6(13)14-2)4-3-5-8(9,10)11/h3-5,12H2,1-2H3. The number of alkyl halides is 3. The molecule has 0 fully saturated rings. The summed E-state index contributed by atoms with van der Waals surface area (Å²) in [4.78, 5) is 11.0. The molecule has 1 atom stereocenters. The molecule has 0 aliphatic carbocycles. The van der Waals surface area contributed by atoms with E-state index in [9.17, 15) is 18.0 Å². The predicted octanol–water partition coefficient (Wildman–Crippen LogP) is 1.61. The number of rotatable bonds is 4. The minimum Gasteiger partial charge on any atom is -0.468 e. The molecule has 3 nitrogen and oxygen atoms in total. The zero-order chi connectivity index (χ0) is 11.4. The van der Waals surface area contributed by atoms with Crippen LogP contribution in [0.4, 0.5) is 13.2 Å². The van der Waals surface area contributed by atoms with Gasteiger partial charge in [0.1, 0.15) is 5.54 Å². The largest absolute Gasteiger partial charge is 0.468 e. The van der Waals surface area contributed by atoms with Gasteiger partial charge in [-0.25, -0.2) is 0 Å². The summed E-state index contributed by atoms with van der Waals surface area (Å²) in [5, 5.41) is 0. The average Bonchev–Trinajstić information content (AvgIpc) is 2.00. The van der Waals surface area contributed by atoms with Gasteiger partial charge in [-0.2, -0.15) is 13.2 Å². The number of ether oxygens (including phenoxy) is 1. The van der Waals surface area contributed by atoms with Crippen LogP contribution in [0, 0.1) is 0 Å². The monoisotopic (exact) mass is 213 g/mol. The fraction of sp³-hybridized carbons (Fsp3) is 0.875. The van der Waals surface area contributed by atoms with Crippen molar-refractivity contribution in [1.82, 2.24) is 0 Å². The Morgan fingerprint density at radius 3 is 2.21 bits per heavy atom. The quantitative estimate of drug-likeness (QED) is 0.722. The number of carbonyl (C=O) groups excluding carboxylic acids is 1. The van der Waals surface area contributed by atoms with Gasteiger partial charge in [-0.3, -0.25) is 4.79 Å². The Morgan fingerprint density at radius 1 is 1.36 bits per heavy atom. The van der Waals surface area contributed by atoms with Crippen LogP contribution in [0.2, 0.25) is 0 Å². The van der Waals surface area contributed by atoms with Gasteiger partial charge in [0.2, 0.25) is 0 Å². The Morgan fingerprint density at radius 2 is 1.86 bits per heavy atom. The van der Waals surface area contributed by atoms with Crippen molar-refractivity contribution in [3.8, 4) is 0 Å². The van der Waals surface area contributed by atoms with E-state index in [0.717, 1.165) is 7.11 Å². The molecule has 0 heterocycles. The molecule has 6 heteroatoms. The molecule has 0 aromatic rings. The van der Waals surface area contributed by atoms with Gasteiger partial charge < -0.3 is 10.5 Å². The molecule has 0 saturated heterocycles.